The fourth-order valence-corrected chi connectivity index (χ4v) is 1.61. The highest BCUT2D eigenvalue weighted by Crippen LogP contribution is 2.03. The monoisotopic (exact) mass is 204 g/mol. The molecule has 0 aromatic carbocycles. The van der Waals surface area contributed by atoms with Crippen LogP contribution in [0.3, 0.4) is 0 Å². The van der Waals surface area contributed by atoms with Gasteiger partial charge < -0.3 is 15.5 Å². The number of aliphatic hydroxyl groups excluding tert-OH is 2. The Bertz CT molecular complexity index is 120. The third-order valence-electron chi connectivity index (χ3n) is 2.58. The maximum Gasteiger partial charge on any atom is 0.128 e. The van der Waals surface area contributed by atoms with Gasteiger partial charge in [-0.15, -0.1) is 0 Å². The molecule has 0 heterocycles. The first-order valence-corrected chi connectivity index (χ1v) is 5.88. The van der Waals surface area contributed by atoms with Crippen LogP contribution in [-0.2, 0) is 0 Å². The molecular weight excluding hydrogens is 178 g/mol. The van der Waals surface area contributed by atoms with Gasteiger partial charge in [0.15, 0.2) is 0 Å². The molecular formula is C11H26NO2+. The molecule has 0 rings (SSSR count). The maximum absolute atomic E-state index is 9.56. The van der Waals surface area contributed by atoms with Gasteiger partial charge in [0.05, 0.1) is 13.2 Å². The van der Waals surface area contributed by atoms with Crippen molar-refractivity contribution in [3.8, 4) is 0 Å². The minimum atomic E-state index is -0.557. The SMILES string of the molecule is CCCCC[C@H]([NH2+]CCC)[C@H](O)CO. The second-order valence-electron chi connectivity index (χ2n) is 3.93. The van der Waals surface area contributed by atoms with Gasteiger partial charge in [-0.3, -0.25) is 0 Å². The minimum Gasteiger partial charge on any atom is -0.393 e. The fraction of sp³-hybridized carbons (Fsp3) is 1.00. The smallest absolute Gasteiger partial charge is 0.128 e. The zero-order valence-electron chi connectivity index (χ0n) is 9.58. The highest BCUT2D eigenvalue weighted by Gasteiger charge is 2.20. The number of nitrogens with two attached hydrogens (primary N) is 1. The summed E-state index contributed by atoms with van der Waals surface area (Å²) in [5.41, 5.74) is 0. The van der Waals surface area contributed by atoms with Gasteiger partial charge in [0.1, 0.15) is 12.1 Å². The van der Waals surface area contributed by atoms with Crippen molar-refractivity contribution in [2.24, 2.45) is 0 Å². The largest absolute Gasteiger partial charge is 0.393 e. The van der Waals surface area contributed by atoms with E-state index in [0.717, 1.165) is 25.8 Å². The lowest BCUT2D eigenvalue weighted by atomic mass is 10.0. The van der Waals surface area contributed by atoms with Gasteiger partial charge in [-0.05, 0) is 12.8 Å². The van der Waals surface area contributed by atoms with Crippen molar-refractivity contribution < 1.29 is 15.5 Å². The van der Waals surface area contributed by atoms with Gasteiger partial charge in [0.2, 0.25) is 0 Å². The van der Waals surface area contributed by atoms with E-state index in [4.69, 9.17) is 5.11 Å². The van der Waals surface area contributed by atoms with E-state index < -0.39 is 6.10 Å². The number of hydrogen-bond donors (Lipinski definition) is 3. The zero-order chi connectivity index (χ0) is 10.8. The molecule has 3 nitrogen and oxygen atoms in total. The molecule has 2 atom stereocenters. The average Bonchev–Trinajstić information content (AvgIpc) is 2.22. The van der Waals surface area contributed by atoms with Crippen molar-refractivity contribution in [3.63, 3.8) is 0 Å². The Morgan fingerprint density at radius 2 is 1.86 bits per heavy atom. The summed E-state index contributed by atoms with van der Waals surface area (Å²) in [6.07, 6.45) is 5.14. The Kier molecular flexibility index (Phi) is 9.35. The number of quaternary nitrogens is 1. The third-order valence-corrected chi connectivity index (χ3v) is 2.58. The van der Waals surface area contributed by atoms with Crippen molar-refractivity contribution >= 4 is 0 Å². The van der Waals surface area contributed by atoms with E-state index in [0.29, 0.717) is 0 Å². The molecule has 0 unspecified atom stereocenters. The fourth-order valence-electron chi connectivity index (χ4n) is 1.61. The summed E-state index contributed by atoms with van der Waals surface area (Å²) in [4.78, 5) is 0. The summed E-state index contributed by atoms with van der Waals surface area (Å²) in [5.74, 6) is 0. The van der Waals surface area contributed by atoms with Gasteiger partial charge in [-0.2, -0.15) is 0 Å². The molecule has 0 spiro atoms. The zero-order valence-corrected chi connectivity index (χ0v) is 9.58. The van der Waals surface area contributed by atoms with E-state index in [1.807, 2.05) is 0 Å². The van der Waals surface area contributed by atoms with E-state index in [-0.39, 0.29) is 12.6 Å². The molecule has 0 saturated carbocycles. The molecule has 0 fully saturated rings. The quantitative estimate of drug-likeness (QED) is 0.472. The van der Waals surface area contributed by atoms with E-state index in [1.165, 1.54) is 12.8 Å². The van der Waals surface area contributed by atoms with Crippen LogP contribution < -0.4 is 5.32 Å². The van der Waals surface area contributed by atoms with Gasteiger partial charge >= 0.3 is 0 Å². The molecule has 0 aromatic heterocycles. The van der Waals surface area contributed by atoms with Gasteiger partial charge in [0, 0.05) is 6.42 Å². The maximum atomic E-state index is 9.56. The van der Waals surface area contributed by atoms with Crippen molar-refractivity contribution in [1.29, 1.82) is 0 Å². The Labute approximate surface area is 87.5 Å². The van der Waals surface area contributed by atoms with Crippen LogP contribution in [0.15, 0.2) is 0 Å². The average molecular weight is 204 g/mol. The van der Waals surface area contributed by atoms with E-state index in [1.54, 1.807) is 0 Å². The first kappa shape index (κ1) is 13.9. The van der Waals surface area contributed by atoms with Crippen molar-refractivity contribution in [2.75, 3.05) is 13.2 Å². The topological polar surface area (TPSA) is 57.1 Å². The van der Waals surface area contributed by atoms with Gasteiger partial charge in [-0.25, -0.2) is 0 Å². The lowest BCUT2D eigenvalue weighted by Crippen LogP contribution is -2.92. The predicted octanol–water partition coefficient (Wildman–Crippen LogP) is 0.262. The molecule has 0 aliphatic carbocycles. The molecule has 3 heteroatoms. The Morgan fingerprint density at radius 3 is 2.36 bits per heavy atom. The van der Waals surface area contributed by atoms with Gasteiger partial charge in [0.25, 0.3) is 0 Å². The molecule has 0 bridgehead atoms. The lowest BCUT2D eigenvalue weighted by Gasteiger charge is -2.19. The van der Waals surface area contributed by atoms with Crippen molar-refractivity contribution in [3.05, 3.63) is 0 Å². The number of rotatable bonds is 9. The summed E-state index contributed by atoms with van der Waals surface area (Å²) >= 11 is 0. The van der Waals surface area contributed by atoms with Crippen LogP contribution in [0, 0.1) is 0 Å². The summed E-state index contributed by atoms with van der Waals surface area (Å²) in [6.45, 7) is 5.23. The highest BCUT2D eigenvalue weighted by atomic mass is 16.3. The second kappa shape index (κ2) is 9.44. The first-order chi connectivity index (χ1) is 6.76. The van der Waals surface area contributed by atoms with E-state index in [9.17, 15) is 5.11 Å². The number of aliphatic hydroxyl groups is 2. The summed E-state index contributed by atoms with van der Waals surface area (Å²) in [7, 11) is 0. The standard InChI is InChI=1S/C11H25NO2/c1-3-5-6-7-10(11(14)9-13)12-8-4-2/h10-14H,3-9H2,1-2H3/p+1/t10-,11+/m0/s1. The molecule has 4 N–H and O–H groups in total. The second-order valence-corrected chi connectivity index (χ2v) is 3.93. The highest BCUT2D eigenvalue weighted by molar-refractivity contribution is 4.65. The summed E-state index contributed by atoms with van der Waals surface area (Å²) in [5, 5.41) is 20.6. The van der Waals surface area contributed by atoms with Crippen LogP contribution in [0.2, 0.25) is 0 Å². The first-order valence-electron chi connectivity index (χ1n) is 5.88. The Hall–Kier alpha value is -0.120. The Morgan fingerprint density at radius 1 is 1.14 bits per heavy atom. The molecule has 14 heavy (non-hydrogen) atoms. The van der Waals surface area contributed by atoms with Gasteiger partial charge in [-0.1, -0.05) is 26.7 Å². The molecule has 0 saturated heterocycles. The van der Waals surface area contributed by atoms with Crippen LogP contribution in [0.5, 0.6) is 0 Å². The van der Waals surface area contributed by atoms with E-state index in [2.05, 4.69) is 19.2 Å². The predicted molar refractivity (Wildman–Crippen MR) is 58.1 cm³/mol. The minimum absolute atomic E-state index is 0.114. The molecule has 0 aromatic rings. The summed E-state index contributed by atoms with van der Waals surface area (Å²) in [6, 6.07) is 0.187. The van der Waals surface area contributed by atoms with Crippen molar-refractivity contribution in [2.45, 2.75) is 58.1 Å². The van der Waals surface area contributed by atoms with Crippen molar-refractivity contribution in [1.82, 2.24) is 0 Å². The third kappa shape index (κ3) is 6.35. The molecule has 0 aliphatic heterocycles. The van der Waals surface area contributed by atoms with Crippen LogP contribution in [0.25, 0.3) is 0 Å². The Balaban J connectivity index is 3.72. The normalized spacial score (nSPS) is 15.4. The van der Waals surface area contributed by atoms with Crippen LogP contribution in [0.4, 0.5) is 0 Å². The number of hydrogen-bond acceptors (Lipinski definition) is 2. The lowest BCUT2D eigenvalue weighted by molar-refractivity contribution is -0.697. The van der Waals surface area contributed by atoms with Crippen LogP contribution in [-0.4, -0.2) is 35.5 Å². The molecule has 0 amide bonds. The molecule has 86 valence electrons. The summed E-state index contributed by atoms with van der Waals surface area (Å²) < 4.78 is 0. The van der Waals surface area contributed by atoms with Crippen LogP contribution >= 0.6 is 0 Å². The van der Waals surface area contributed by atoms with E-state index >= 15 is 0 Å². The molecule has 0 radical (unpaired) electrons. The number of unbranched alkanes of at least 4 members (excludes halogenated alkanes) is 2. The molecule has 0 aliphatic rings. The van der Waals surface area contributed by atoms with Crippen LogP contribution in [0.1, 0.15) is 46.0 Å².